The normalized spacial score (nSPS) is 10.7. The molecule has 118 valence electrons. The molecule has 0 spiro atoms. The molecule has 0 unspecified atom stereocenters. The molecule has 0 aliphatic carbocycles. The summed E-state index contributed by atoms with van der Waals surface area (Å²) in [6.45, 7) is 0. The van der Waals surface area contributed by atoms with Gasteiger partial charge < -0.3 is 8.92 Å². The fourth-order valence-corrected chi connectivity index (χ4v) is 2.77. The Morgan fingerprint density at radius 3 is 2.52 bits per heavy atom. The molecule has 0 aliphatic heterocycles. The summed E-state index contributed by atoms with van der Waals surface area (Å²) in [5.41, 5.74) is -0.0959. The third-order valence-electron chi connectivity index (χ3n) is 2.87. The molecule has 2 rings (SSSR count). The Kier molecular flexibility index (Phi) is 4.62. The smallest absolute Gasteiger partial charge is 0.342 e. The zero-order valence-electron chi connectivity index (χ0n) is 11.8. The first-order chi connectivity index (χ1) is 10.9. The van der Waals surface area contributed by atoms with Gasteiger partial charge in [-0.05, 0) is 36.4 Å². The Bertz CT molecular complexity index is 903. The fourth-order valence-electron chi connectivity index (χ4n) is 1.76. The minimum atomic E-state index is -4.51. The van der Waals surface area contributed by atoms with Gasteiger partial charge in [0.1, 0.15) is 16.5 Å². The zero-order valence-corrected chi connectivity index (χ0v) is 12.6. The van der Waals surface area contributed by atoms with Crippen molar-refractivity contribution in [1.82, 2.24) is 0 Å². The maximum absolute atomic E-state index is 13.8. The number of halogens is 1. The molecule has 0 saturated carbocycles. The van der Waals surface area contributed by atoms with E-state index in [-0.39, 0.29) is 16.9 Å². The van der Waals surface area contributed by atoms with Crippen LogP contribution in [0, 0.1) is 17.1 Å². The molecule has 0 heterocycles. The predicted octanol–water partition coefficient (Wildman–Crippen LogP) is 2.29. The molecule has 2 aromatic carbocycles. The molecule has 2 aromatic rings. The molecule has 0 atom stereocenters. The van der Waals surface area contributed by atoms with Crippen molar-refractivity contribution in [2.24, 2.45) is 0 Å². The van der Waals surface area contributed by atoms with E-state index in [4.69, 9.17) is 14.2 Å². The lowest BCUT2D eigenvalue weighted by Crippen LogP contribution is -2.13. The van der Waals surface area contributed by atoms with Gasteiger partial charge in [-0.1, -0.05) is 0 Å². The van der Waals surface area contributed by atoms with Gasteiger partial charge in [0.2, 0.25) is 0 Å². The maximum Gasteiger partial charge on any atom is 0.342 e. The number of hydrogen-bond acceptors (Lipinski definition) is 6. The number of aldehydes is 1. The first-order valence-electron chi connectivity index (χ1n) is 6.18. The molecule has 0 fully saturated rings. The molecule has 23 heavy (non-hydrogen) atoms. The van der Waals surface area contributed by atoms with Crippen molar-refractivity contribution >= 4 is 16.4 Å². The van der Waals surface area contributed by atoms with Crippen molar-refractivity contribution in [3.63, 3.8) is 0 Å². The van der Waals surface area contributed by atoms with E-state index in [1.54, 1.807) is 6.07 Å². The monoisotopic (exact) mass is 335 g/mol. The molecular weight excluding hydrogens is 325 g/mol. The van der Waals surface area contributed by atoms with Crippen LogP contribution in [-0.2, 0) is 10.1 Å². The summed E-state index contributed by atoms with van der Waals surface area (Å²) in [5, 5.41) is 8.66. The maximum atomic E-state index is 13.8. The standard InChI is InChI=1S/C15H10FNO5S/c1-21-12-3-4-14(11(7-12)9-18)22-23(19,20)15-5-2-10(8-17)6-13(15)16/h2-7,9H,1H3. The summed E-state index contributed by atoms with van der Waals surface area (Å²) in [7, 11) is -3.12. The van der Waals surface area contributed by atoms with Crippen molar-refractivity contribution in [1.29, 1.82) is 5.26 Å². The highest BCUT2D eigenvalue weighted by Crippen LogP contribution is 2.27. The molecule has 0 bridgehead atoms. The highest BCUT2D eigenvalue weighted by molar-refractivity contribution is 7.87. The summed E-state index contributed by atoms with van der Waals surface area (Å²) < 4.78 is 47.9. The highest BCUT2D eigenvalue weighted by Gasteiger charge is 2.23. The van der Waals surface area contributed by atoms with Gasteiger partial charge in [-0.15, -0.1) is 0 Å². The predicted molar refractivity (Wildman–Crippen MR) is 77.3 cm³/mol. The van der Waals surface area contributed by atoms with Crippen molar-refractivity contribution in [2.75, 3.05) is 7.11 Å². The van der Waals surface area contributed by atoms with Crippen molar-refractivity contribution < 1.29 is 26.5 Å². The quantitative estimate of drug-likeness (QED) is 0.615. The summed E-state index contributed by atoms with van der Waals surface area (Å²) in [5.74, 6) is -1.05. The number of nitriles is 1. The number of methoxy groups -OCH3 is 1. The van der Waals surface area contributed by atoms with E-state index in [0.717, 1.165) is 18.2 Å². The minimum Gasteiger partial charge on any atom is -0.497 e. The van der Waals surface area contributed by atoms with Gasteiger partial charge in [-0.2, -0.15) is 13.7 Å². The van der Waals surface area contributed by atoms with Crippen LogP contribution in [0.5, 0.6) is 11.5 Å². The van der Waals surface area contributed by atoms with E-state index < -0.39 is 20.8 Å². The highest BCUT2D eigenvalue weighted by atomic mass is 32.2. The lowest BCUT2D eigenvalue weighted by molar-refractivity contribution is 0.112. The second kappa shape index (κ2) is 6.46. The number of carbonyl (C=O) groups excluding carboxylic acids is 1. The fraction of sp³-hybridized carbons (Fsp3) is 0.0667. The SMILES string of the molecule is COc1ccc(OS(=O)(=O)c2ccc(C#N)cc2F)c(C=O)c1. The molecule has 0 amide bonds. The topological polar surface area (TPSA) is 93.5 Å². The molecule has 8 heteroatoms. The summed E-state index contributed by atoms with van der Waals surface area (Å²) in [6, 6.07) is 8.45. The van der Waals surface area contributed by atoms with Crippen LogP contribution in [-0.4, -0.2) is 21.8 Å². The van der Waals surface area contributed by atoms with Gasteiger partial charge in [-0.25, -0.2) is 4.39 Å². The summed E-state index contributed by atoms with van der Waals surface area (Å²) in [4.78, 5) is 10.3. The van der Waals surface area contributed by atoms with E-state index in [1.807, 2.05) is 0 Å². The Hall–Kier alpha value is -2.92. The largest absolute Gasteiger partial charge is 0.497 e. The Balaban J connectivity index is 2.43. The van der Waals surface area contributed by atoms with Crippen LogP contribution in [0.3, 0.4) is 0 Å². The van der Waals surface area contributed by atoms with Gasteiger partial charge in [-0.3, -0.25) is 4.79 Å². The molecule has 0 N–H and O–H groups in total. The van der Waals surface area contributed by atoms with Gasteiger partial charge in [0.15, 0.2) is 12.0 Å². The van der Waals surface area contributed by atoms with Crippen LogP contribution in [0.15, 0.2) is 41.3 Å². The van der Waals surface area contributed by atoms with Crippen molar-refractivity contribution in [2.45, 2.75) is 4.90 Å². The average molecular weight is 335 g/mol. The number of carbonyl (C=O) groups is 1. The van der Waals surface area contributed by atoms with Crippen LogP contribution in [0.25, 0.3) is 0 Å². The van der Waals surface area contributed by atoms with Crippen molar-refractivity contribution in [3.05, 3.63) is 53.3 Å². The third-order valence-corrected chi connectivity index (χ3v) is 4.14. The molecule has 0 aliphatic rings. The summed E-state index contributed by atoms with van der Waals surface area (Å²) >= 11 is 0. The molecule has 0 aromatic heterocycles. The molecular formula is C15H10FNO5S. The van der Waals surface area contributed by atoms with Crippen LogP contribution >= 0.6 is 0 Å². The average Bonchev–Trinajstić information content (AvgIpc) is 2.54. The van der Waals surface area contributed by atoms with Crippen LogP contribution in [0.2, 0.25) is 0 Å². The Morgan fingerprint density at radius 1 is 1.22 bits per heavy atom. The number of rotatable bonds is 5. The van der Waals surface area contributed by atoms with Gasteiger partial charge in [0.25, 0.3) is 0 Å². The number of ether oxygens (including phenoxy) is 1. The van der Waals surface area contributed by atoms with E-state index in [1.165, 1.54) is 25.3 Å². The third kappa shape index (κ3) is 3.46. The van der Waals surface area contributed by atoms with E-state index in [0.29, 0.717) is 12.0 Å². The van der Waals surface area contributed by atoms with E-state index >= 15 is 0 Å². The zero-order chi connectivity index (χ0) is 17.0. The van der Waals surface area contributed by atoms with Crippen LogP contribution in [0.4, 0.5) is 4.39 Å². The van der Waals surface area contributed by atoms with Gasteiger partial charge in [0.05, 0.1) is 24.3 Å². The Labute approximate surface area is 131 Å². The van der Waals surface area contributed by atoms with E-state index in [2.05, 4.69) is 0 Å². The second-order valence-electron chi connectivity index (χ2n) is 4.32. The van der Waals surface area contributed by atoms with Crippen LogP contribution in [0.1, 0.15) is 15.9 Å². The first-order valence-corrected chi connectivity index (χ1v) is 7.59. The lowest BCUT2D eigenvalue weighted by Gasteiger charge is -2.10. The lowest BCUT2D eigenvalue weighted by atomic mass is 10.2. The minimum absolute atomic E-state index is 0.0283. The number of hydrogen-bond donors (Lipinski definition) is 0. The van der Waals surface area contributed by atoms with Crippen LogP contribution < -0.4 is 8.92 Å². The first kappa shape index (κ1) is 16.5. The van der Waals surface area contributed by atoms with Crippen molar-refractivity contribution in [3.8, 4) is 17.6 Å². The van der Waals surface area contributed by atoms with E-state index in [9.17, 15) is 17.6 Å². The number of benzene rings is 2. The molecule has 0 saturated heterocycles. The molecule has 0 radical (unpaired) electrons. The van der Waals surface area contributed by atoms with Gasteiger partial charge in [0, 0.05) is 0 Å². The number of nitrogens with zero attached hydrogens (tertiary/aromatic N) is 1. The second-order valence-corrected chi connectivity index (χ2v) is 5.83. The van der Waals surface area contributed by atoms with Gasteiger partial charge >= 0.3 is 10.1 Å². The summed E-state index contributed by atoms with van der Waals surface area (Å²) in [6.07, 6.45) is 0.391. The molecule has 6 nitrogen and oxygen atoms in total. The Morgan fingerprint density at radius 2 is 1.96 bits per heavy atom.